The van der Waals surface area contributed by atoms with E-state index >= 15 is 0 Å². The number of amides is 3. The monoisotopic (exact) mass is 760 g/mol. The number of nitrogens with one attached hydrogen (secondary N) is 1. The maximum Gasteiger partial charge on any atom is 0.237 e. The number of pyridine rings is 1. The Balaban J connectivity index is 1.30. The van der Waals surface area contributed by atoms with Crippen LogP contribution in [0.15, 0.2) is 54.6 Å². The average Bonchev–Trinajstić information content (AvgIpc) is 3.94. The van der Waals surface area contributed by atoms with Crippen LogP contribution in [0.1, 0.15) is 79.1 Å². The Bertz CT molecular complexity index is 1990. The molecule has 3 aromatic rings. The lowest BCUT2D eigenvalue weighted by atomic mass is 9.77. The molecular formula is C41H52N4O8S. The number of sulfonamides is 1. The molecule has 0 unspecified atom stereocenters. The van der Waals surface area contributed by atoms with Crippen LogP contribution in [-0.2, 0) is 29.2 Å². The van der Waals surface area contributed by atoms with E-state index < -0.39 is 50.6 Å². The minimum atomic E-state index is -3.79. The van der Waals surface area contributed by atoms with E-state index in [0.717, 1.165) is 30.2 Å². The predicted molar refractivity (Wildman–Crippen MR) is 205 cm³/mol. The molecule has 6 rings (SSSR count). The largest absolute Gasteiger partial charge is 0.497 e. The molecule has 12 nitrogen and oxygen atoms in total. The van der Waals surface area contributed by atoms with Gasteiger partial charge in [-0.15, -0.1) is 0 Å². The summed E-state index contributed by atoms with van der Waals surface area (Å²) in [7, 11) is -2.21. The maximum absolute atomic E-state index is 14.7. The molecule has 290 valence electrons. The summed E-state index contributed by atoms with van der Waals surface area (Å²) >= 11 is 0. The number of benzene rings is 2. The first kappa shape index (κ1) is 39.2. The number of fused-ring (bicyclic) bond motifs is 1. The van der Waals surface area contributed by atoms with Gasteiger partial charge in [0.25, 0.3) is 0 Å². The molecule has 2 aliphatic heterocycles. The highest BCUT2D eigenvalue weighted by Crippen LogP contribution is 2.38. The van der Waals surface area contributed by atoms with E-state index in [4.69, 9.17) is 14.5 Å². The van der Waals surface area contributed by atoms with Gasteiger partial charge < -0.3 is 19.3 Å². The number of ether oxygens (including phenoxy) is 2. The van der Waals surface area contributed by atoms with Crippen molar-refractivity contribution in [3.05, 3.63) is 54.6 Å². The number of likely N-dealkylation sites (tertiary alicyclic amines) is 2. The fourth-order valence-corrected chi connectivity index (χ4v) is 8.82. The third-order valence-electron chi connectivity index (χ3n) is 10.9. The van der Waals surface area contributed by atoms with Crippen LogP contribution in [0.4, 0.5) is 0 Å². The van der Waals surface area contributed by atoms with Gasteiger partial charge in [-0.3, -0.25) is 23.9 Å². The van der Waals surface area contributed by atoms with Crippen molar-refractivity contribution >= 4 is 44.4 Å². The summed E-state index contributed by atoms with van der Waals surface area (Å²) < 4.78 is 39.3. The lowest BCUT2D eigenvalue weighted by molar-refractivity contribution is -0.148. The second kappa shape index (κ2) is 16.1. The Morgan fingerprint density at radius 1 is 0.963 bits per heavy atom. The van der Waals surface area contributed by atoms with E-state index in [0.29, 0.717) is 48.6 Å². The van der Waals surface area contributed by atoms with Crippen molar-refractivity contribution in [1.29, 1.82) is 0 Å². The van der Waals surface area contributed by atoms with Crippen LogP contribution >= 0.6 is 0 Å². The number of carbonyl (C=O) groups is 4. The number of rotatable bonds is 13. The zero-order chi connectivity index (χ0) is 38.8. The first-order valence-electron chi connectivity index (χ1n) is 19.0. The van der Waals surface area contributed by atoms with E-state index in [1.165, 1.54) is 11.8 Å². The molecule has 1 aliphatic carbocycles. The SMILES string of the molecule is COc1ccc2c(O[C@@H]3C[C@@H](C(=O)C[C@@H](C)C(=O)NS(=O)(=O)C4CC4)N(C(=O)[C@@H](CC(=O)N4CCCCC4)C(C)(C)C)C3)cc(-c3ccccc3)nc2c1. The lowest BCUT2D eigenvalue weighted by Gasteiger charge is -2.36. The molecule has 2 aromatic carbocycles. The van der Waals surface area contributed by atoms with Gasteiger partial charge in [0, 0.05) is 61.4 Å². The third kappa shape index (κ3) is 9.05. The highest BCUT2D eigenvalue weighted by molar-refractivity contribution is 7.90. The number of hydrogen-bond acceptors (Lipinski definition) is 9. The van der Waals surface area contributed by atoms with Crippen molar-refractivity contribution in [1.82, 2.24) is 19.5 Å². The molecule has 0 spiro atoms. The predicted octanol–water partition coefficient (Wildman–Crippen LogP) is 5.53. The van der Waals surface area contributed by atoms with Gasteiger partial charge in [0.1, 0.15) is 17.6 Å². The summed E-state index contributed by atoms with van der Waals surface area (Å²) in [6.07, 6.45) is 3.21. The second-order valence-electron chi connectivity index (χ2n) is 16.1. The van der Waals surface area contributed by atoms with Gasteiger partial charge >= 0.3 is 0 Å². The number of carbonyl (C=O) groups excluding carboxylic acids is 4. The molecule has 13 heteroatoms. The fourth-order valence-electron chi connectivity index (χ4n) is 7.41. The van der Waals surface area contributed by atoms with Gasteiger partial charge in [-0.05, 0) is 49.7 Å². The molecule has 3 heterocycles. The summed E-state index contributed by atoms with van der Waals surface area (Å²) in [5.74, 6) is -2.02. The minimum Gasteiger partial charge on any atom is -0.497 e. The normalized spacial score (nSPS) is 20.3. The third-order valence-corrected chi connectivity index (χ3v) is 12.7. The molecular weight excluding hydrogens is 709 g/mol. The number of ketones is 1. The van der Waals surface area contributed by atoms with Crippen LogP contribution < -0.4 is 14.2 Å². The molecule has 3 amide bonds. The number of piperidine rings is 1. The van der Waals surface area contributed by atoms with E-state index in [1.807, 2.05) is 80.3 Å². The molecule has 2 saturated heterocycles. The van der Waals surface area contributed by atoms with Crippen LogP contribution in [0.25, 0.3) is 22.2 Å². The Morgan fingerprint density at radius 3 is 2.31 bits per heavy atom. The summed E-state index contributed by atoms with van der Waals surface area (Å²) in [4.78, 5) is 63.7. The molecule has 0 bridgehead atoms. The Hall–Kier alpha value is -4.52. The molecule has 3 fully saturated rings. The first-order valence-corrected chi connectivity index (χ1v) is 20.6. The van der Waals surface area contributed by atoms with Crippen molar-refractivity contribution in [2.24, 2.45) is 17.3 Å². The van der Waals surface area contributed by atoms with Crippen molar-refractivity contribution < 1.29 is 37.1 Å². The molecule has 1 N–H and O–H groups in total. The maximum atomic E-state index is 14.7. The fraction of sp³-hybridized carbons (Fsp3) is 0.537. The van der Waals surface area contributed by atoms with Gasteiger partial charge in [-0.25, -0.2) is 13.4 Å². The van der Waals surface area contributed by atoms with Crippen LogP contribution in [0.5, 0.6) is 11.5 Å². The number of nitrogens with zero attached hydrogens (tertiary/aromatic N) is 3. The standard InChI is InChI=1S/C41H52N4O8S/c1-26(39(48)43-54(50,51)30-15-16-30)20-36(46)35-22-29(25-45(35)40(49)32(41(2,3)4)23-38(47)44-18-10-7-11-19-44)53-37-24-33(27-12-8-6-9-13-27)42-34-21-28(52-5)14-17-31(34)37/h6,8-9,12-14,17,21,24,26,29-30,32,35H,7,10-11,15-16,18-20,22-23,25H2,1-5H3,(H,43,48)/t26-,29-,32-,35+/m1/s1. The first-order chi connectivity index (χ1) is 25.6. The quantitative estimate of drug-likeness (QED) is 0.237. The lowest BCUT2D eigenvalue weighted by Crippen LogP contribution is -2.49. The molecule has 1 aromatic heterocycles. The topological polar surface area (TPSA) is 152 Å². The highest BCUT2D eigenvalue weighted by Gasteiger charge is 2.46. The van der Waals surface area contributed by atoms with Crippen LogP contribution in [0.2, 0.25) is 0 Å². The highest BCUT2D eigenvalue weighted by atomic mass is 32.2. The number of Topliss-reactive ketones (excluding diaryl/α,β-unsaturated/α-hetero) is 1. The van der Waals surface area contributed by atoms with Crippen LogP contribution in [-0.4, -0.2) is 90.8 Å². The smallest absolute Gasteiger partial charge is 0.237 e. The van der Waals surface area contributed by atoms with Gasteiger partial charge in [-0.2, -0.15) is 0 Å². The Kier molecular flexibility index (Phi) is 11.7. The Morgan fingerprint density at radius 2 is 1.67 bits per heavy atom. The van der Waals surface area contributed by atoms with Crippen molar-refractivity contribution in [3.8, 4) is 22.8 Å². The van der Waals surface area contributed by atoms with Gasteiger partial charge in [-0.1, -0.05) is 58.0 Å². The van der Waals surface area contributed by atoms with E-state index in [2.05, 4.69) is 4.72 Å². The zero-order valence-corrected chi connectivity index (χ0v) is 32.7. The van der Waals surface area contributed by atoms with Gasteiger partial charge in [0.05, 0.1) is 42.1 Å². The van der Waals surface area contributed by atoms with Crippen molar-refractivity contribution in [2.45, 2.75) is 96.5 Å². The number of aromatic nitrogens is 1. The summed E-state index contributed by atoms with van der Waals surface area (Å²) in [5.41, 5.74) is 1.60. The zero-order valence-electron chi connectivity index (χ0n) is 31.9. The van der Waals surface area contributed by atoms with E-state index in [1.54, 1.807) is 7.11 Å². The van der Waals surface area contributed by atoms with Crippen molar-refractivity contribution in [3.63, 3.8) is 0 Å². The molecule has 3 aliphatic rings. The van der Waals surface area contributed by atoms with E-state index in [9.17, 15) is 27.6 Å². The Labute approximate surface area is 318 Å². The average molecular weight is 761 g/mol. The van der Waals surface area contributed by atoms with Gasteiger partial charge in [0.2, 0.25) is 27.7 Å². The van der Waals surface area contributed by atoms with E-state index in [-0.39, 0.29) is 43.4 Å². The van der Waals surface area contributed by atoms with Gasteiger partial charge in [0.15, 0.2) is 5.78 Å². The summed E-state index contributed by atoms with van der Waals surface area (Å²) in [5, 5.41) is 0.143. The molecule has 4 atom stereocenters. The molecule has 1 saturated carbocycles. The van der Waals surface area contributed by atoms with Crippen LogP contribution in [0, 0.1) is 17.3 Å². The summed E-state index contributed by atoms with van der Waals surface area (Å²) in [6.45, 7) is 8.70. The number of hydrogen-bond donors (Lipinski definition) is 1. The second-order valence-corrected chi connectivity index (χ2v) is 18.0. The summed E-state index contributed by atoms with van der Waals surface area (Å²) in [6, 6.07) is 16.1. The van der Waals surface area contributed by atoms with Crippen molar-refractivity contribution in [2.75, 3.05) is 26.7 Å². The van der Waals surface area contributed by atoms with Crippen LogP contribution in [0.3, 0.4) is 0 Å². The molecule has 0 radical (unpaired) electrons. The number of methoxy groups -OCH3 is 1. The molecule has 54 heavy (non-hydrogen) atoms. The minimum absolute atomic E-state index is 0.0142.